The van der Waals surface area contributed by atoms with Gasteiger partial charge >= 0.3 is 0 Å². The van der Waals surface area contributed by atoms with Crippen molar-refractivity contribution >= 4 is 0 Å². The number of ether oxygens (including phenoxy) is 1. The molecule has 2 heterocycles. The summed E-state index contributed by atoms with van der Waals surface area (Å²) in [6.45, 7) is 7.92. The van der Waals surface area contributed by atoms with Crippen LogP contribution in [0.1, 0.15) is 47.0 Å². The number of hydrogen-bond donors (Lipinski definition) is 2. The van der Waals surface area contributed by atoms with Crippen LogP contribution in [-0.4, -0.2) is 28.0 Å². The van der Waals surface area contributed by atoms with Crippen molar-refractivity contribution in [3.8, 4) is 0 Å². The Labute approximate surface area is 109 Å². The van der Waals surface area contributed by atoms with E-state index in [1.165, 1.54) is 0 Å². The van der Waals surface area contributed by atoms with Crippen molar-refractivity contribution in [1.29, 1.82) is 0 Å². The Hall–Kier alpha value is -0.800. The van der Waals surface area contributed by atoms with Crippen LogP contribution >= 0.6 is 0 Å². The Kier molecular flexibility index (Phi) is 3.32. The number of hydrogen-bond acceptors (Lipinski definition) is 3. The number of fused-ring (bicyclic) bond motifs is 2. The van der Waals surface area contributed by atoms with Crippen LogP contribution in [0.4, 0.5) is 0 Å². The molecule has 0 aromatic heterocycles. The fourth-order valence-corrected chi connectivity index (χ4v) is 2.66. The van der Waals surface area contributed by atoms with Crippen molar-refractivity contribution in [1.82, 2.24) is 0 Å². The van der Waals surface area contributed by atoms with E-state index in [1.807, 2.05) is 27.7 Å². The van der Waals surface area contributed by atoms with Gasteiger partial charge in [0.2, 0.25) is 0 Å². The molecule has 0 radical (unpaired) electrons. The Morgan fingerprint density at radius 3 is 2.61 bits per heavy atom. The molecule has 18 heavy (non-hydrogen) atoms. The summed E-state index contributed by atoms with van der Waals surface area (Å²) in [4.78, 5) is 0. The van der Waals surface area contributed by atoms with Crippen LogP contribution in [0.25, 0.3) is 0 Å². The normalized spacial score (nSPS) is 42.6. The molecule has 0 fully saturated rings. The first-order chi connectivity index (χ1) is 8.24. The van der Waals surface area contributed by atoms with E-state index in [-0.39, 0.29) is 5.41 Å². The molecule has 3 atom stereocenters. The second-order valence-corrected chi connectivity index (χ2v) is 6.52. The monoisotopic (exact) mass is 252 g/mol. The number of allylic oxidation sites excluding steroid dienone is 2. The molecule has 0 spiro atoms. The molecule has 0 amide bonds. The molecule has 2 aliphatic rings. The van der Waals surface area contributed by atoms with Crippen LogP contribution in [0.3, 0.4) is 0 Å². The van der Waals surface area contributed by atoms with E-state index >= 15 is 0 Å². The number of rotatable bonds is 0. The summed E-state index contributed by atoms with van der Waals surface area (Å²) < 4.78 is 6.01. The average Bonchev–Trinajstić information content (AvgIpc) is 2.39. The molecule has 3 nitrogen and oxygen atoms in total. The summed E-state index contributed by atoms with van der Waals surface area (Å²) >= 11 is 0. The third-order valence-corrected chi connectivity index (χ3v) is 4.36. The minimum atomic E-state index is -0.604. The quantitative estimate of drug-likeness (QED) is 0.696. The predicted octanol–water partition coefficient (Wildman–Crippen LogP) is 2.54. The van der Waals surface area contributed by atoms with Crippen molar-refractivity contribution in [3.63, 3.8) is 0 Å². The Balaban J connectivity index is 2.47. The van der Waals surface area contributed by atoms with Gasteiger partial charge in [0.25, 0.3) is 0 Å². The first kappa shape index (κ1) is 13.6. The maximum atomic E-state index is 10.5. The van der Waals surface area contributed by atoms with Crippen molar-refractivity contribution in [3.05, 3.63) is 23.5 Å². The molecular formula is C15H24O3. The smallest absolute Gasteiger partial charge is 0.132 e. The maximum Gasteiger partial charge on any atom is 0.132 e. The van der Waals surface area contributed by atoms with Gasteiger partial charge in [-0.15, -0.1) is 0 Å². The van der Waals surface area contributed by atoms with Crippen molar-refractivity contribution < 1.29 is 14.9 Å². The zero-order valence-electron chi connectivity index (χ0n) is 11.7. The van der Waals surface area contributed by atoms with Gasteiger partial charge in [-0.1, -0.05) is 19.9 Å². The van der Waals surface area contributed by atoms with Gasteiger partial charge in [0.05, 0.1) is 12.2 Å². The highest BCUT2D eigenvalue weighted by Crippen LogP contribution is 2.41. The molecule has 2 aliphatic heterocycles. The lowest BCUT2D eigenvalue weighted by Crippen LogP contribution is -2.47. The van der Waals surface area contributed by atoms with Gasteiger partial charge in [-0.2, -0.15) is 0 Å². The van der Waals surface area contributed by atoms with E-state index in [0.29, 0.717) is 12.2 Å². The van der Waals surface area contributed by atoms with E-state index in [1.54, 1.807) is 6.08 Å². The molecule has 0 aromatic carbocycles. The van der Waals surface area contributed by atoms with Gasteiger partial charge in [0, 0.05) is 0 Å². The van der Waals surface area contributed by atoms with Gasteiger partial charge in [0.1, 0.15) is 11.4 Å². The van der Waals surface area contributed by atoms with Gasteiger partial charge in [-0.05, 0) is 50.2 Å². The molecule has 0 unspecified atom stereocenters. The molecule has 3 heteroatoms. The van der Waals surface area contributed by atoms with E-state index in [4.69, 9.17) is 4.74 Å². The summed E-state index contributed by atoms with van der Waals surface area (Å²) in [7, 11) is 0. The van der Waals surface area contributed by atoms with Crippen molar-refractivity contribution in [2.45, 2.75) is 64.8 Å². The number of aliphatic hydroxyl groups excluding tert-OH is 2. The molecule has 0 saturated heterocycles. The van der Waals surface area contributed by atoms with E-state index in [0.717, 1.165) is 18.4 Å². The van der Waals surface area contributed by atoms with Crippen LogP contribution < -0.4 is 0 Å². The highest BCUT2D eigenvalue weighted by atomic mass is 16.5. The number of aliphatic hydroxyl groups is 2. The Morgan fingerprint density at radius 1 is 1.28 bits per heavy atom. The molecule has 2 bridgehead atoms. The lowest BCUT2D eigenvalue weighted by Gasteiger charge is -2.42. The highest BCUT2D eigenvalue weighted by Gasteiger charge is 2.43. The molecule has 102 valence electrons. The molecule has 2 N–H and O–H groups in total. The van der Waals surface area contributed by atoms with Gasteiger partial charge in [-0.25, -0.2) is 0 Å². The van der Waals surface area contributed by atoms with Crippen LogP contribution in [0.15, 0.2) is 23.5 Å². The third-order valence-electron chi connectivity index (χ3n) is 4.36. The zero-order valence-corrected chi connectivity index (χ0v) is 11.7. The molecule has 0 aromatic rings. The second kappa shape index (κ2) is 4.39. The first-order valence-corrected chi connectivity index (χ1v) is 6.69. The molecule has 2 rings (SSSR count). The fraction of sp³-hybridized carbons (Fsp3) is 0.733. The zero-order chi connectivity index (χ0) is 13.6. The molecule has 0 saturated carbocycles. The summed E-state index contributed by atoms with van der Waals surface area (Å²) in [6.07, 6.45) is 4.98. The standard InChI is InChI=1S/C15H24O3/c1-10-6-5-7-15(4)13(17)9-14(2,3)12(16)8-11(10)18-15/h6,8,12-13,16-17H,5,7,9H2,1-4H3/b11-8-/t12-,13-,15+/m0/s1. The Bertz CT molecular complexity index is 395. The predicted molar refractivity (Wildman–Crippen MR) is 71.0 cm³/mol. The third kappa shape index (κ3) is 2.34. The summed E-state index contributed by atoms with van der Waals surface area (Å²) in [5.74, 6) is 0.717. The lowest BCUT2D eigenvalue weighted by molar-refractivity contribution is -0.113. The maximum absolute atomic E-state index is 10.5. The summed E-state index contributed by atoms with van der Waals surface area (Å²) in [6, 6.07) is 0. The SMILES string of the molecule is CC1=CCC[C@@]2(C)O/C1=C\[C@H](O)C(C)(C)C[C@@H]2O. The van der Waals surface area contributed by atoms with Gasteiger partial charge < -0.3 is 14.9 Å². The topological polar surface area (TPSA) is 49.7 Å². The lowest BCUT2D eigenvalue weighted by atomic mass is 9.75. The largest absolute Gasteiger partial charge is 0.485 e. The van der Waals surface area contributed by atoms with E-state index < -0.39 is 17.8 Å². The van der Waals surface area contributed by atoms with Crippen LogP contribution in [-0.2, 0) is 4.74 Å². The minimum Gasteiger partial charge on any atom is -0.485 e. The highest BCUT2D eigenvalue weighted by molar-refractivity contribution is 5.28. The summed E-state index contributed by atoms with van der Waals surface area (Å²) in [5.41, 5.74) is 0.139. The Morgan fingerprint density at radius 2 is 1.94 bits per heavy atom. The first-order valence-electron chi connectivity index (χ1n) is 6.69. The van der Waals surface area contributed by atoms with E-state index in [9.17, 15) is 10.2 Å². The van der Waals surface area contributed by atoms with Crippen LogP contribution in [0.2, 0.25) is 0 Å². The van der Waals surface area contributed by atoms with Crippen LogP contribution in [0, 0.1) is 5.41 Å². The second-order valence-electron chi connectivity index (χ2n) is 6.52. The average molecular weight is 252 g/mol. The fourth-order valence-electron chi connectivity index (χ4n) is 2.66. The summed E-state index contributed by atoms with van der Waals surface area (Å²) in [5, 5.41) is 20.7. The van der Waals surface area contributed by atoms with E-state index in [2.05, 4.69) is 6.08 Å². The molecular weight excluding hydrogens is 228 g/mol. The van der Waals surface area contributed by atoms with Crippen molar-refractivity contribution in [2.24, 2.45) is 5.41 Å². The molecule has 0 aliphatic carbocycles. The van der Waals surface area contributed by atoms with Gasteiger partial charge in [0.15, 0.2) is 0 Å². The minimum absolute atomic E-state index is 0.347. The van der Waals surface area contributed by atoms with Crippen molar-refractivity contribution in [2.75, 3.05) is 0 Å². The van der Waals surface area contributed by atoms with Gasteiger partial charge in [-0.3, -0.25) is 0 Å². The van der Waals surface area contributed by atoms with Crippen LogP contribution in [0.5, 0.6) is 0 Å².